The van der Waals surface area contributed by atoms with E-state index >= 15 is 0 Å². The fourth-order valence-electron chi connectivity index (χ4n) is 0.215. The molecule has 7 heteroatoms. The first-order valence-corrected chi connectivity index (χ1v) is 4.53. The van der Waals surface area contributed by atoms with E-state index in [2.05, 4.69) is 0 Å². The second kappa shape index (κ2) is 2.80. The summed E-state index contributed by atoms with van der Waals surface area (Å²) in [7, 11) is -3.93. The second-order valence-corrected chi connectivity index (χ2v) is 5.41. The van der Waals surface area contributed by atoms with Crippen LogP contribution < -0.4 is 5.14 Å². The summed E-state index contributed by atoms with van der Waals surface area (Å²) in [5.74, 6) is -0.773. The lowest BCUT2D eigenvalue weighted by Gasteiger charge is -2.05. The number of hydrogen-bond donors (Lipinski definition) is 0. The minimum atomic E-state index is -3.93. The van der Waals surface area contributed by atoms with Crippen LogP contribution in [0.1, 0.15) is 0 Å². The zero-order valence-corrected chi connectivity index (χ0v) is 7.15. The first-order chi connectivity index (χ1) is 3.71. The maximum Gasteiger partial charge on any atom is 0.229 e. The molecule has 0 fully saturated rings. The van der Waals surface area contributed by atoms with Gasteiger partial charge < -0.3 is 0 Å². The van der Waals surface area contributed by atoms with Gasteiger partial charge in [-0.15, -0.1) is 5.14 Å². The number of hydrogen-bond acceptors (Lipinski definition) is 2. The molecule has 0 unspecified atom stereocenters. The Bertz CT molecular complexity index is 180. The van der Waals surface area contributed by atoms with Gasteiger partial charge in [-0.2, -0.15) is 0 Å². The Kier molecular flexibility index (Phi) is 3.04. The Hall–Kier alpha value is 0.780. The molecule has 0 saturated carbocycles. The van der Waals surface area contributed by atoms with Gasteiger partial charge in [0, 0.05) is 0 Å². The van der Waals surface area contributed by atoms with Crippen LogP contribution in [0, 0.1) is 0 Å². The van der Waals surface area contributed by atoms with Gasteiger partial charge in [0.1, 0.15) is 5.75 Å². The molecule has 0 bridgehead atoms. The summed E-state index contributed by atoms with van der Waals surface area (Å²) in [5, 5.41) is 6.31. The van der Waals surface area contributed by atoms with Crippen LogP contribution >= 0.6 is 34.8 Å². The minimum Gasteiger partial charge on any atom is -0.211 e. The third kappa shape index (κ3) is 8.78. The molecule has 0 heterocycles. The van der Waals surface area contributed by atoms with Crippen LogP contribution in [0.5, 0.6) is 0 Å². The van der Waals surface area contributed by atoms with Crippen molar-refractivity contribution in [2.75, 3.05) is 5.75 Å². The second-order valence-electron chi connectivity index (χ2n) is 1.37. The van der Waals surface area contributed by atoms with Crippen LogP contribution in [-0.2, 0) is 10.0 Å². The topological polar surface area (TPSA) is 57.9 Å². The fraction of sp³-hybridized carbons (Fsp3) is 1.00. The van der Waals surface area contributed by atoms with Crippen molar-refractivity contribution in [2.45, 2.75) is 3.79 Å². The van der Waals surface area contributed by atoms with Crippen LogP contribution in [0.4, 0.5) is 0 Å². The van der Waals surface area contributed by atoms with Crippen LogP contribution in [0.25, 0.3) is 0 Å². The third-order valence-corrected chi connectivity index (χ3v) is 2.04. The highest BCUT2D eigenvalue weighted by atomic mass is 35.6. The molecule has 0 aliphatic heterocycles. The molecule has 0 aromatic heterocycles. The van der Waals surface area contributed by atoms with Crippen molar-refractivity contribution in [2.24, 2.45) is 0 Å². The first-order valence-electron chi connectivity index (χ1n) is 1.75. The molecule has 0 aliphatic rings. The van der Waals surface area contributed by atoms with Crippen LogP contribution in [0.3, 0.4) is 0 Å². The van der Waals surface area contributed by atoms with E-state index in [4.69, 9.17) is 39.9 Å². The Morgan fingerprint density at radius 3 is 1.67 bits per heavy atom. The molecule has 0 aromatic rings. The molecule has 0 amide bonds. The smallest absolute Gasteiger partial charge is 0.211 e. The average molecular weight is 211 g/mol. The van der Waals surface area contributed by atoms with E-state index in [0.717, 1.165) is 0 Å². The highest BCUT2D eigenvalue weighted by Crippen LogP contribution is 2.26. The summed E-state index contributed by atoms with van der Waals surface area (Å²) < 4.78 is 18.2. The number of nitrogens with one attached hydrogen (secondary N) is 1. The molecule has 9 heavy (non-hydrogen) atoms. The van der Waals surface area contributed by atoms with Gasteiger partial charge in [-0.3, -0.25) is 0 Å². The number of halogens is 3. The van der Waals surface area contributed by atoms with Crippen molar-refractivity contribution in [3.8, 4) is 0 Å². The first kappa shape index (κ1) is 9.78. The summed E-state index contributed by atoms with van der Waals surface area (Å²) >= 11 is 15.1. The average Bonchev–Trinajstić information content (AvgIpc) is 1.14. The molecular formula is C2H3Cl3NO2S. The predicted molar refractivity (Wildman–Crippen MR) is 37.2 cm³/mol. The molecular weight excluding hydrogens is 208 g/mol. The van der Waals surface area contributed by atoms with Crippen molar-refractivity contribution >= 4 is 44.8 Å². The van der Waals surface area contributed by atoms with E-state index in [1.807, 2.05) is 0 Å². The number of rotatable bonds is 1. The van der Waals surface area contributed by atoms with Crippen molar-refractivity contribution in [3.63, 3.8) is 0 Å². The van der Waals surface area contributed by atoms with Gasteiger partial charge >= 0.3 is 0 Å². The Morgan fingerprint density at radius 2 is 1.67 bits per heavy atom. The van der Waals surface area contributed by atoms with Gasteiger partial charge in [0.05, 0.1) is 0 Å². The number of sulfonamides is 1. The molecule has 0 atom stereocenters. The Labute approximate surface area is 68.1 Å². The molecule has 0 saturated heterocycles. The lowest BCUT2D eigenvalue weighted by molar-refractivity contribution is 0.596. The monoisotopic (exact) mass is 210 g/mol. The quantitative estimate of drug-likeness (QED) is 0.607. The van der Waals surface area contributed by atoms with Crippen molar-refractivity contribution < 1.29 is 8.42 Å². The SMILES string of the molecule is [NH]S(=O)(=O)CC(Cl)(Cl)Cl. The van der Waals surface area contributed by atoms with Gasteiger partial charge in [0.2, 0.25) is 13.8 Å². The van der Waals surface area contributed by atoms with Crippen LogP contribution in [0.2, 0.25) is 0 Å². The molecule has 1 N–H and O–H groups in total. The lowest BCUT2D eigenvalue weighted by atomic mass is 10.9. The van der Waals surface area contributed by atoms with E-state index in [1.165, 1.54) is 0 Å². The standard InChI is InChI=1S/C2H3Cl3NO2S/c3-2(4,5)1-9(6,7)8/h6H,1H2. The van der Waals surface area contributed by atoms with Gasteiger partial charge in [-0.25, -0.2) is 8.42 Å². The number of alkyl halides is 3. The van der Waals surface area contributed by atoms with Crippen LogP contribution in [-0.4, -0.2) is 18.0 Å². The highest BCUT2D eigenvalue weighted by Gasteiger charge is 2.26. The van der Waals surface area contributed by atoms with Crippen molar-refractivity contribution in [1.82, 2.24) is 5.14 Å². The van der Waals surface area contributed by atoms with E-state index in [0.29, 0.717) is 0 Å². The lowest BCUT2D eigenvalue weighted by Crippen LogP contribution is -2.19. The molecule has 55 valence electrons. The zero-order valence-electron chi connectivity index (χ0n) is 4.07. The molecule has 0 aliphatic carbocycles. The van der Waals surface area contributed by atoms with Gasteiger partial charge in [-0.05, 0) is 0 Å². The van der Waals surface area contributed by atoms with Gasteiger partial charge in [0.25, 0.3) is 0 Å². The molecule has 1 radical (unpaired) electrons. The maximum atomic E-state index is 10.1. The molecule has 3 nitrogen and oxygen atoms in total. The van der Waals surface area contributed by atoms with Gasteiger partial charge in [-0.1, -0.05) is 34.8 Å². The van der Waals surface area contributed by atoms with E-state index in [9.17, 15) is 8.42 Å². The van der Waals surface area contributed by atoms with Crippen molar-refractivity contribution in [3.05, 3.63) is 0 Å². The van der Waals surface area contributed by atoms with Crippen molar-refractivity contribution in [1.29, 1.82) is 0 Å². The largest absolute Gasteiger partial charge is 0.229 e. The Morgan fingerprint density at radius 1 is 1.33 bits per heavy atom. The zero-order chi connectivity index (χ0) is 7.71. The highest BCUT2D eigenvalue weighted by molar-refractivity contribution is 7.89. The third-order valence-electron chi connectivity index (χ3n) is 0.354. The summed E-state index contributed by atoms with van der Waals surface area (Å²) in [4.78, 5) is 0. The molecule has 0 rings (SSSR count). The normalized spacial score (nSPS) is 13.8. The maximum absolute atomic E-state index is 10.1. The summed E-state index contributed by atoms with van der Waals surface area (Å²) in [6, 6.07) is 0. The van der Waals surface area contributed by atoms with E-state index < -0.39 is 19.6 Å². The molecule has 0 aromatic carbocycles. The summed E-state index contributed by atoms with van der Waals surface area (Å²) in [6.45, 7) is 0. The minimum absolute atomic E-state index is 0.773. The van der Waals surface area contributed by atoms with E-state index in [1.54, 1.807) is 0 Å². The fourth-order valence-corrected chi connectivity index (χ4v) is 1.94. The molecule has 0 spiro atoms. The summed E-state index contributed by atoms with van der Waals surface area (Å²) in [5.41, 5.74) is 0. The Balaban J connectivity index is 4.07. The van der Waals surface area contributed by atoms with Crippen LogP contribution in [0.15, 0.2) is 0 Å². The van der Waals surface area contributed by atoms with Gasteiger partial charge in [0.15, 0.2) is 0 Å². The predicted octanol–water partition coefficient (Wildman–Crippen LogP) is 0.969. The summed E-state index contributed by atoms with van der Waals surface area (Å²) in [6.07, 6.45) is 0. The van der Waals surface area contributed by atoms with E-state index in [-0.39, 0.29) is 0 Å².